The third-order valence-corrected chi connectivity index (χ3v) is 4.70. The van der Waals surface area contributed by atoms with Gasteiger partial charge in [0.1, 0.15) is 5.52 Å². The highest BCUT2D eigenvalue weighted by Crippen LogP contribution is 2.30. The number of aromatic nitrogens is 2. The van der Waals surface area contributed by atoms with Gasteiger partial charge in [0.15, 0.2) is 5.78 Å². The molecule has 1 aliphatic rings. The molecule has 0 spiro atoms. The molecule has 24 heavy (non-hydrogen) atoms. The molecule has 4 rings (SSSR count). The zero-order valence-electron chi connectivity index (χ0n) is 13.4. The molecular weight excluding hydrogens is 304 g/mol. The first-order chi connectivity index (χ1) is 11.6. The molecule has 1 aromatic carbocycles. The van der Waals surface area contributed by atoms with Crippen LogP contribution in [0.25, 0.3) is 10.9 Å². The van der Waals surface area contributed by atoms with Crippen molar-refractivity contribution in [2.75, 3.05) is 6.61 Å². The Hall–Kier alpha value is -2.66. The number of pyridine rings is 1. The number of aromatic amines is 1. The average molecular weight is 322 g/mol. The van der Waals surface area contributed by atoms with Crippen LogP contribution in [0.2, 0.25) is 0 Å². The molecule has 0 bridgehead atoms. The van der Waals surface area contributed by atoms with Crippen molar-refractivity contribution in [1.82, 2.24) is 9.55 Å². The normalized spacial score (nSPS) is 17.0. The largest absolute Gasteiger partial charge is 0.376 e. The van der Waals surface area contributed by atoms with Crippen LogP contribution in [0.1, 0.15) is 33.8 Å². The third-order valence-electron chi connectivity index (χ3n) is 4.70. The highest BCUT2D eigenvalue weighted by molar-refractivity contribution is 6.07. The van der Waals surface area contributed by atoms with Crippen LogP contribution >= 0.6 is 0 Å². The highest BCUT2D eigenvalue weighted by Gasteiger charge is 2.25. The van der Waals surface area contributed by atoms with E-state index in [-0.39, 0.29) is 17.3 Å². The molecule has 1 unspecified atom stereocenters. The van der Waals surface area contributed by atoms with E-state index < -0.39 is 0 Å². The maximum atomic E-state index is 12.9. The van der Waals surface area contributed by atoms with Crippen LogP contribution in [0.5, 0.6) is 0 Å². The van der Waals surface area contributed by atoms with Gasteiger partial charge in [0.2, 0.25) is 0 Å². The summed E-state index contributed by atoms with van der Waals surface area (Å²) >= 11 is 0. The fourth-order valence-corrected chi connectivity index (χ4v) is 3.46. The summed E-state index contributed by atoms with van der Waals surface area (Å²) in [6.07, 6.45) is 3.70. The molecule has 1 N–H and O–H groups in total. The first-order valence-corrected chi connectivity index (χ1v) is 8.00. The summed E-state index contributed by atoms with van der Waals surface area (Å²) in [6.45, 7) is 1.15. The van der Waals surface area contributed by atoms with Crippen LogP contribution in [-0.2, 0) is 18.4 Å². The zero-order valence-corrected chi connectivity index (χ0v) is 13.4. The molecule has 0 radical (unpaired) electrons. The van der Waals surface area contributed by atoms with Crippen LogP contribution in [0.4, 0.5) is 0 Å². The number of Topliss-reactive ketones (excluding diaryl/α,β-unsaturated/α-hetero) is 1. The second-order valence-electron chi connectivity index (χ2n) is 6.26. The van der Waals surface area contributed by atoms with Gasteiger partial charge in [-0.15, -0.1) is 0 Å². The van der Waals surface area contributed by atoms with E-state index in [0.29, 0.717) is 36.1 Å². The number of benzene rings is 1. The van der Waals surface area contributed by atoms with Crippen LogP contribution in [0.3, 0.4) is 0 Å². The van der Waals surface area contributed by atoms with Gasteiger partial charge in [0, 0.05) is 42.7 Å². The Morgan fingerprint density at radius 1 is 1.33 bits per heavy atom. The Balaban J connectivity index is 1.70. The van der Waals surface area contributed by atoms with E-state index >= 15 is 0 Å². The van der Waals surface area contributed by atoms with Crippen molar-refractivity contribution in [3.8, 4) is 0 Å². The quantitative estimate of drug-likeness (QED) is 0.754. The van der Waals surface area contributed by atoms with Gasteiger partial charge in [-0.25, -0.2) is 0 Å². The van der Waals surface area contributed by atoms with Crippen molar-refractivity contribution in [2.24, 2.45) is 7.05 Å². The number of carbonyl (C=O) groups is 1. The van der Waals surface area contributed by atoms with Gasteiger partial charge in [-0.3, -0.25) is 9.59 Å². The van der Waals surface area contributed by atoms with Crippen molar-refractivity contribution in [3.63, 3.8) is 0 Å². The molecule has 2 aromatic heterocycles. The maximum absolute atomic E-state index is 12.9. The molecule has 0 amide bonds. The topological polar surface area (TPSA) is 64.1 Å². The number of ether oxygens (including phenoxy) is 1. The van der Waals surface area contributed by atoms with Gasteiger partial charge in [-0.2, -0.15) is 0 Å². The Bertz CT molecular complexity index is 984. The number of fused-ring (bicyclic) bond motifs is 2. The highest BCUT2D eigenvalue weighted by atomic mass is 16.5. The fourth-order valence-electron chi connectivity index (χ4n) is 3.46. The SMILES string of the molecule is Cn1cc(C(=O)CC2COCc3ccccc32)c2cc[nH]c2c1=O. The van der Waals surface area contributed by atoms with Crippen molar-refractivity contribution in [2.45, 2.75) is 18.9 Å². The van der Waals surface area contributed by atoms with E-state index in [1.54, 1.807) is 25.5 Å². The van der Waals surface area contributed by atoms with Gasteiger partial charge >= 0.3 is 0 Å². The van der Waals surface area contributed by atoms with E-state index in [1.165, 1.54) is 10.1 Å². The van der Waals surface area contributed by atoms with Crippen LogP contribution in [0, 0.1) is 0 Å². The summed E-state index contributed by atoms with van der Waals surface area (Å²) in [5.41, 5.74) is 3.26. The summed E-state index contributed by atoms with van der Waals surface area (Å²) < 4.78 is 7.10. The minimum Gasteiger partial charge on any atom is -0.376 e. The monoisotopic (exact) mass is 322 g/mol. The second kappa shape index (κ2) is 5.76. The predicted molar refractivity (Wildman–Crippen MR) is 91.3 cm³/mol. The third kappa shape index (κ3) is 2.37. The Morgan fingerprint density at radius 3 is 3.04 bits per heavy atom. The Morgan fingerprint density at radius 2 is 2.17 bits per heavy atom. The van der Waals surface area contributed by atoms with Gasteiger partial charge in [0.05, 0.1) is 13.2 Å². The number of rotatable bonds is 3. The second-order valence-corrected chi connectivity index (χ2v) is 6.26. The lowest BCUT2D eigenvalue weighted by Crippen LogP contribution is -2.22. The molecule has 1 atom stereocenters. The smallest absolute Gasteiger partial charge is 0.274 e. The summed E-state index contributed by atoms with van der Waals surface area (Å²) in [5, 5.41) is 0.688. The molecule has 0 saturated heterocycles. The lowest BCUT2D eigenvalue weighted by atomic mass is 9.87. The standard InChI is InChI=1S/C19H18N2O3/c1-21-9-16(15-6-7-20-18(15)19(21)23)17(22)8-13-11-24-10-12-4-2-3-5-14(12)13/h2-7,9,13,20H,8,10-11H2,1H3. The number of hydrogen-bond acceptors (Lipinski definition) is 3. The number of H-pyrrole nitrogens is 1. The number of hydrogen-bond donors (Lipinski definition) is 1. The van der Waals surface area contributed by atoms with E-state index in [9.17, 15) is 9.59 Å². The fraction of sp³-hybridized carbons (Fsp3) is 0.263. The lowest BCUT2D eigenvalue weighted by Gasteiger charge is -2.25. The number of nitrogens with zero attached hydrogens (tertiary/aromatic N) is 1. The summed E-state index contributed by atoms with van der Waals surface area (Å²) in [4.78, 5) is 28.0. The molecule has 5 heteroatoms. The molecule has 1 aliphatic heterocycles. The predicted octanol–water partition coefficient (Wildman–Crippen LogP) is 2.75. The molecule has 0 aliphatic carbocycles. The van der Waals surface area contributed by atoms with E-state index in [4.69, 9.17) is 4.74 Å². The molecular formula is C19H18N2O3. The van der Waals surface area contributed by atoms with Gasteiger partial charge in [-0.1, -0.05) is 24.3 Å². The maximum Gasteiger partial charge on any atom is 0.274 e. The van der Waals surface area contributed by atoms with Gasteiger partial charge in [-0.05, 0) is 17.2 Å². The van der Waals surface area contributed by atoms with Crippen molar-refractivity contribution in [3.05, 3.63) is 69.8 Å². The first kappa shape index (κ1) is 14.9. The van der Waals surface area contributed by atoms with E-state index in [1.807, 2.05) is 18.2 Å². The summed E-state index contributed by atoms with van der Waals surface area (Å²) in [6, 6.07) is 9.89. The lowest BCUT2D eigenvalue weighted by molar-refractivity contribution is 0.0786. The van der Waals surface area contributed by atoms with Crippen molar-refractivity contribution < 1.29 is 9.53 Å². The van der Waals surface area contributed by atoms with Gasteiger partial charge < -0.3 is 14.3 Å². The molecule has 122 valence electrons. The molecule has 0 fully saturated rings. The van der Waals surface area contributed by atoms with Crippen LogP contribution in [0.15, 0.2) is 47.5 Å². The zero-order chi connectivity index (χ0) is 16.7. The Kier molecular flexibility index (Phi) is 3.58. The van der Waals surface area contributed by atoms with Crippen LogP contribution < -0.4 is 5.56 Å². The van der Waals surface area contributed by atoms with Crippen LogP contribution in [-0.4, -0.2) is 21.9 Å². The minimum atomic E-state index is -0.127. The number of ketones is 1. The van der Waals surface area contributed by atoms with Crippen molar-refractivity contribution >= 4 is 16.7 Å². The first-order valence-electron chi connectivity index (χ1n) is 8.00. The number of aryl methyl sites for hydroxylation is 1. The molecule has 0 saturated carbocycles. The minimum absolute atomic E-state index is 0.0282. The van der Waals surface area contributed by atoms with E-state index in [2.05, 4.69) is 11.1 Å². The Labute approximate surface area is 138 Å². The van der Waals surface area contributed by atoms with E-state index in [0.717, 1.165) is 5.56 Å². The number of carbonyl (C=O) groups excluding carboxylic acids is 1. The molecule has 3 heterocycles. The van der Waals surface area contributed by atoms with Gasteiger partial charge in [0.25, 0.3) is 5.56 Å². The summed E-state index contributed by atoms with van der Waals surface area (Å²) in [7, 11) is 1.67. The van der Waals surface area contributed by atoms with Crippen molar-refractivity contribution in [1.29, 1.82) is 0 Å². The summed E-state index contributed by atoms with van der Waals surface area (Å²) in [5.74, 6) is 0.0779. The number of nitrogens with one attached hydrogen (secondary N) is 1. The molecule has 3 aromatic rings. The molecule has 5 nitrogen and oxygen atoms in total. The average Bonchev–Trinajstić information content (AvgIpc) is 3.08.